The summed E-state index contributed by atoms with van der Waals surface area (Å²) in [6, 6.07) is 0. The molecular formula is C13H25NS. The van der Waals surface area contributed by atoms with Crippen molar-refractivity contribution in [1.29, 1.82) is 0 Å². The summed E-state index contributed by atoms with van der Waals surface area (Å²) in [5, 5.41) is 2.09. The molecule has 88 valence electrons. The van der Waals surface area contributed by atoms with Crippen LogP contribution in [-0.4, -0.2) is 24.2 Å². The van der Waals surface area contributed by atoms with Gasteiger partial charge in [0, 0.05) is 18.8 Å². The zero-order valence-electron chi connectivity index (χ0n) is 10.6. The van der Waals surface area contributed by atoms with Gasteiger partial charge in [-0.05, 0) is 30.1 Å². The molecule has 1 nitrogen and oxygen atoms in total. The topological polar surface area (TPSA) is 3.24 Å². The third kappa shape index (κ3) is 6.67. The summed E-state index contributed by atoms with van der Waals surface area (Å²) in [6.07, 6.45) is 6.73. The molecule has 0 aromatic heterocycles. The highest BCUT2D eigenvalue weighted by atomic mass is 32.2. The largest absolute Gasteiger partial charge is 0.372 e. The second-order valence-corrected chi connectivity index (χ2v) is 4.82. The molecule has 2 heteroatoms. The molecule has 1 rings (SSSR count). The van der Waals surface area contributed by atoms with E-state index in [-0.39, 0.29) is 0 Å². The summed E-state index contributed by atoms with van der Waals surface area (Å²) in [7, 11) is 0. The second kappa shape index (κ2) is 8.90. The summed E-state index contributed by atoms with van der Waals surface area (Å²) >= 11 is 1.72. The van der Waals surface area contributed by atoms with Gasteiger partial charge >= 0.3 is 0 Å². The highest BCUT2D eigenvalue weighted by Crippen LogP contribution is 2.19. The van der Waals surface area contributed by atoms with E-state index < -0.39 is 0 Å². The smallest absolute Gasteiger partial charge is 0.0298 e. The van der Waals surface area contributed by atoms with Crippen molar-refractivity contribution < 1.29 is 0 Å². The van der Waals surface area contributed by atoms with Crippen LogP contribution in [0.15, 0.2) is 23.8 Å². The van der Waals surface area contributed by atoms with E-state index in [4.69, 9.17) is 0 Å². The fraction of sp³-hybridized carbons (Fsp3) is 0.692. The van der Waals surface area contributed by atoms with Gasteiger partial charge < -0.3 is 4.90 Å². The van der Waals surface area contributed by atoms with Crippen LogP contribution >= 0.6 is 11.8 Å². The maximum Gasteiger partial charge on any atom is 0.0298 e. The first-order valence-corrected chi connectivity index (χ1v) is 7.07. The van der Waals surface area contributed by atoms with E-state index in [9.17, 15) is 0 Å². The molecule has 0 radical (unpaired) electrons. The van der Waals surface area contributed by atoms with Gasteiger partial charge in [-0.3, -0.25) is 0 Å². The molecule has 1 unspecified atom stereocenters. The average molecular weight is 227 g/mol. The third-order valence-corrected chi connectivity index (χ3v) is 2.63. The maximum atomic E-state index is 4.03. The Bertz CT molecular complexity index is 199. The minimum atomic E-state index is 0.837. The quantitative estimate of drug-likeness (QED) is 0.667. The number of rotatable bonds is 3. The van der Waals surface area contributed by atoms with Crippen LogP contribution in [0.2, 0.25) is 0 Å². The Morgan fingerprint density at radius 2 is 2.13 bits per heavy atom. The van der Waals surface area contributed by atoms with Crippen molar-refractivity contribution in [3.63, 3.8) is 0 Å². The molecule has 0 aliphatic carbocycles. The summed E-state index contributed by atoms with van der Waals surface area (Å²) in [6.45, 7) is 12.9. The first-order chi connectivity index (χ1) is 7.15. The zero-order valence-corrected chi connectivity index (χ0v) is 11.4. The normalized spacial score (nSPS) is 20.3. The highest BCUT2D eigenvalue weighted by Gasteiger charge is 2.17. The monoisotopic (exact) mass is 227 g/mol. The Morgan fingerprint density at radius 1 is 1.53 bits per heavy atom. The minimum absolute atomic E-state index is 0.837. The van der Waals surface area contributed by atoms with Gasteiger partial charge in [0.05, 0.1) is 0 Å². The lowest BCUT2D eigenvalue weighted by atomic mass is 10.2. The average Bonchev–Trinajstić information content (AvgIpc) is 2.62. The number of thioether (sulfide) groups is 1. The lowest BCUT2D eigenvalue weighted by molar-refractivity contribution is 0.425. The highest BCUT2D eigenvalue weighted by molar-refractivity contribution is 8.01. The van der Waals surface area contributed by atoms with Gasteiger partial charge in [-0.2, -0.15) is 0 Å². The van der Waals surface area contributed by atoms with E-state index in [1.807, 2.05) is 0 Å². The SMILES string of the molecule is C=C(/C=C\SC)N1CCC(C)C1.CCC. The van der Waals surface area contributed by atoms with Crippen molar-refractivity contribution in [2.45, 2.75) is 33.6 Å². The number of likely N-dealkylation sites (tertiary alicyclic amines) is 1. The molecule has 1 aliphatic rings. The van der Waals surface area contributed by atoms with E-state index >= 15 is 0 Å². The van der Waals surface area contributed by atoms with Crippen LogP contribution in [0.3, 0.4) is 0 Å². The van der Waals surface area contributed by atoms with Gasteiger partial charge in [0.25, 0.3) is 0 Å². The fourth-order valence-corrected chi connectivity index (χ4v) is 1.74. The first kappa shape index (κ1) is 14.6. The lowest BCUT2D eigenvalue weighted by Crippen LogP contribution is -2.17. The maximum absolute atomic E-state index is 4.03. The van der Waals surface area contributed by atoms with Crippen molar-refractivity contribution in [2.24, 2.45) is 5.92 Å². The number of hydrogen-bond donors (Lipinski definition) is 0. The van der Waals surface area contributed by atoms with Crippen LogP contribution in [0.4, 0.5) is 0 Å². The van der Waals surface area contributed by atoms with Crippen LogP contribution < -0.4 is 0 Å². The Morgan fingerprint density at radius 3 is 2.53 bits per heavy atom. The Labute approximate surface area is 99.6 Å². The summed E-state index contributed by atoms with van der Waals surface area (Å²) in [5.74, 6) is 0.837. The molecule has 0 aromatic rings. The predicted octanol–water partition coefficient (Wildman–Crippen LogP) is 4.13. The molecule has 0 spiro atoms. The van der Waals surface area contributed by atoms with Crippen LogP contribution in [0.1, 0.15) is 33.6 Å². The molecule has 1 atom stereocenters. The molecule has 1 fully saturated rings. The van der Waals surface area contributed by atoms with E-state index in [0.29, 0.717) is 0 Å². The van der Waals surface area contributed by atoms with E-state index in [1.54, 1.807) is 11.8 Å². The summed E-state index contributed by atoms with van der Waals surface area (Å²) < 4.78 is 0. The van der Waals surface area contributed by atoms with Crippen molar-refractivity contribution in [1.82, 2.24) is 4.90 Å². The van der Waals surface area contributed by atoms with Gasteiger partial charge in [0.15, 0.2) is 0 Å². The van der Waals surface area contributed by atoms with Crippen LogP contribution in [-0.2, 0) is 0 Å². The standard InChI is InChI=1S/C10H17NS.C3H8/c1-9-4-6-11(8-9)10(2)5-7-12-3;1-3-2/h5,7,9H,2,4,6,8H2,1,3H3;3H2,1-2H3/b7-5-;. The van der Waals surface area contributed by atoms with Crippen molar-refractivity contribution in [3.05, 3.63) is 23.8 Å². The molecule has 1 saturated heterocycles. The van der Waals surface area contributed by atoms with Gasteiger partial charge in [0.2, 0.25) is 0 Å². The summed E-state index contributed by atoms with van der Waals surface area (Å²) in [5.41, 5.74) is 1.16. The van der Waals surface area contributed by atoms with Crippen molar-refractivity contribution in [2.75, 3.05) is 19.3 Å². The van der Waals surface area contributed by atoms with Crippen molar-refractivity contribution >= 4 is 11.8 Å². The third-order valence-electron chi connectivity index (χ3n) is 2.23. The molecule has 0 aromatic carbocycles. The Kier molecular flexibility index (Phi) is 8.68. The predicted molar refractivity (Wildman–Crippen MR) is 73.1 cm³/mol. The number of allylic oxidation sites excluding steroid dienone is 1. The Balaban J connectivity index is 0.000000583. The van der Waals surface area contributed by atoms with Crippen molar-refractivity contribution in [3.8, 4) is 0 Å². The van der Waals surface area contributed by atoms with E-state index in [0.717, 1.165) is 11.6 Å². The molecule has 15 heavy (non-hydrogen) atoms. The molecule has 0 amide bonds. The zero-order chi connectivity index (χ0) is 11.7. The number of nitrogens with zero attached hydrogens (tertiary/aromatic N) is 1. The van der Waals surface area contributed by atoms with Crippen LogP contribution in [0.25, 0.3) is 0 Å². The lowest BCUT2D eigenvalue weighted by Gasteiger charge is -2.17. The minimum Gasteiger partial charge on any atom is -0.372 e. The molecule has 0 N–H and O–H groups in total. The second-order valence-electron chi connectivity index (χ2n) is 4.08. The van der Waals surface area contributed by atoms with Gasteiger partial charge in [0.1, 0.15) is 0 Å². The van der Waals surface area contributed by atoms with Gasteiger partial charge in [-0.25, -0.2) is 0 Å². The van der Waals surface area contributed by atoms with Crippen LogP contribution in [0, 0.1) is 5.92 Å². The fourth-order valence-electron chi connectivity index (χ4n) is 1.45. The van der Waals surface area contributed by atoms with Crippen LogP contribution in [0.5, 0.6) is 0 Å². The van der Waals surface area contributed by atoms with Gasteiger partial charge in [-0.1, -0.05) is 33.8 Å². The molecule has 0 saturated carbocycles. The first-order valence-electron chi connectivity index (χ1n) is 5.78. The number of hydrogen-bond acceptors (Lipinski definition) is 2. The summed E-state index contributed by atoms with van der Waals surface area (Å²) in [4.78, 5) is 2.36. The Hall–Kier alpha value is -0.370. The van der Waals surface area contributed by atoms with E-state index in [2.05, 4.69) is 50.0 Å². The van der Waals surface area contributed by atoms with E-state index in [1.165, 1.54) is 25.9 Å². The van der Waals surface area contributed by atoms with Gasteiger partial charge in [-0.15, -0.1) is 11.8 Å². The molecular weight excluding hydrogens is 202 g/mol. The molecule has 0 bridgehead atoms. The molecule has 1 aliphatic heterocycles. The molecule has 1 heterocycles.